The maximum atomic E-state index is 12.6. The van der Waals surface area contributed by atoms with Crippen LogP contribution in [0, 0.1) is 5.92 Å². The number of nitrogen functional groups attached to an aromatic ring is 1. The van der Waals surface area contributed by atoms with Gasteiger partial charge in [0.15, 0.2) is 0 Å². The third kappa shape index (κ3) is 5.33. The number of para-hydroxylation sites is 1. The molecule has 1 saturated heterocycles. The smallest absolute Gasteiger partial charge is 0.251 e. The molecule has 0 aromatic heterocycles. The van der Waals surface area contributed by atoms with Gasteiger partial charge in [0.2, 0.25) is 5.91 Å². The number of nitrogens with zero attached hydrogens (tertiary/aromatic N) is 1. The lowest BCUT2D eigenvalue weighted by molar-refractivity contribution is -0.132. The van der Waals surface area contributed by atoms with E-state index in [0.29, 0.717) is 37.4 Å². The number of anilines is 1. The van der Waals surface area contributed by atoms with Gasteiger partial charge in [0.1, 0.15) is 0 Å². The molecule has 27 heavy (non-hydrogen) atoms. The predicted molar refractivity (Wildman–Crippen MR) is 107 cm³/mol. The summed E-state index contributed by atoms with van der Waals surface area (Å²) in [6, 6.07) is 16.9. The van der Waals surface area contributed by atoms with Gasteiger partial charge < -0.3 is 16.0 Å². The number of amides is 2. The second-order valence-corrected chi connectivity index (χ2v) is 7.12. The molecule has 142 valence electrons. The van der Waals surface area contributed by atoms with Crippen molar-refractivity contribution >= 4 is 17.5 Å². The number of benzene rings is 2. The number of carbonyl (C=O) groups excluding carboxylic acids is 2. The summed E-state index contributed by atoms with van der Waals surface area (Å²) >= 11 is 0. The standard InChI is InChI=1S/C22H27N3O2/c23-20-11-5-4-8-18(20)12-13-21(26)25-14-6-7-17(16-25)15-24-22(27)19-9-2-1-3-10-19/h1-5,8-11,17H,6-7,12-16,23H2,(H,24,27). The molecule has 1 atom stereocenters. The topological polar surface area (TPSA) is 75.4 Å². The lowest BCUT2D eigenvalue weighted by atomic mass is 9.97. The Kier molecular flexibility index (Phi) is 6.47. The van der Waals surface area contributed by atoms with Gasteiger partial charge in [-0.25, -0.2) is 0 Å². The number of carbonyl (C=O) groups is 2. The summed E-state index contributed by atoms with van der Waals surface area (Å²) in [6.07, 6.45) is 3.14. The zero-order chi connectivity index (χ0) is 19.1. The van der Waals surface area contributed by atoms with E-state index in [9.17, 15) is 9.59 Å². The predicted octanol–water partition coefficient (Wildman–Crippen LogP) is 2.87. The number of rotatable bonds is 6. The van der Waals surface area contributed by atoms with Gasteiger partial charge in [-0.3, -0.25) is 9.59 Å². The largest absolute Gasteiger partial charge is 0.399 e. The van der Waals surface area contributed by atoms with E-state index < -0.39 is 0 Å². The van der Waals surface area contributed by atoms with Crippen LogP contribution in [0.1, 0.15) is 35.2 Å². The van der Waals surface area contributed by atoms with Gasteiger partial charge in [-0.1, -0.05) is 36.4 Å². The molecule has 0 bridgehead atoms. The van der Waals surface area contributed by atoms with Crippen LogP contribution in [0.5, 0.6) is 0 Å². The van der Waals surface area contributed by atoms with Crippen LogP contribution in [0.4, 0.5) is 5.69 Å². The molecule has 1 heterocycles. The van der Waals surface area contributed by atoms with E-state index in [1.165, 1.54) is 0 Å². The molecule has 2 aromatic carbocycles. The third-order valence-electron chi connectivity index (χ3n) is 5.12. The molecule has 5 heteroatoms. The maximum Gasteiger partial charge on any atom is 0.251 e. The van der Waals surface area contributed by atoms with Gasteiger partial charge in [0, 0.05) is 37.3 Å². The van der Waals surface area contributed by atoms with Crippen molar-refractivity contribution in [3.05, 3.63) is 65.7 Å². The molecule has 2 amide bonds. The number of hydrogen-bond donors (Lipinski definition) is 2. The van der Waals surface area contributed by atoms with Crippen LogP contribution in [0.3, 0.4) is 0 Å². The van der Waals surface area contributed by atoms with Crippen molar-refractivity contribution in [3.63, 3.8) is 0 Å². The fraction of sp³-hybridized carbons (Fsp3) is 0.364. The van der Waals surface area contributed by atoms with Crippen LogP contribution in [0.2, 0.25) is 0 Å². The molecule has 1 aliphatic heterocycles. The van der Waals surface area contributed by atoms with E-state index >= 15 is 0 Å². The highest BCUT2D eigenvalue weighted by Crippen LogP contribution is 2.19. The Morgan fingerprint density at radius 3 is 2.59 bits per heavy atom. The molecule has 1 fully saturated rings. The maximum absolute atomic E-state index is 12.6. The first-order valence-corrected chi connectivity index (χ1v) is 9.58. The minimum atomic E-state index is -0.0568. The van der Waals surface area contributed by atoms with Gasteiger partial charge >= 0.3 is 0 Å². The third-order valence-corrected chi connectivity index (χ3v) is 5.12. The second kappa shape index (κ2) is 9.21. The van der Waals surface area contributed by atoms with Crippen molar-refractivity contribution in [2.75, 3.05) is 25.4 Å². The van der Waals surface area contributed by atoms with Crippen LogP contribution in [-0.4, -0.2) is 36.3 Å². The molecule has 0 aliphatic carbocycles. The fourth-order valence-electron chi connectivity index (χ4n) is 3.55. The molecular weight excluding hydrogens is 338 g/mol. The summed E-state index contributed by atoms with van der Waals surface area (Å²) < 4.78 is 0. The SMILES string of the molecule is Nc1ccccc1CCC(=O)N1CCCC(CNC(=O)c2ccccc2)C1. The van der Waals surface area contributed by atoms with Crippen molar-refractivity contribution in [1.29, 1.82) is 0 Å². The van der Waals surface area contributed by atoms with Gasteiger partial charge in [0.05, 0.1) is 0 Å². The van der Waals surface area contributed by atoms with E-state index in [-0.39, 0.29) is 11.8 Å². The van der Waals surface area contributed by atoms with Gasteiger partial charge in [-0.15, -0.1) is 0 Å². The first-order valence-electron chi connectivity index (χ1n) is 9.58. The van der Waals surface area contributed by atoms with Crippen LogP contribution in [0.25, 0.3) is 0 Å². The summed E-state index contributed by atoms with van der Waals surface area (Å²) in [7, 11) is 0. The van der Waals surface area contributed by atoms with Crippen molar-refractivity contribution in [3.8, 4) is 0 Å². The average molecular weight is 365 g/mol. The van der Waals surface area contributed by atoms with Crippen LogP contribution in [0.15, 0.2) is 54.6 Å². The minimum absolute atomic E-state index is 0.0568. The Morgan fingerprint density at radius 1 is 1.07 bits per heavy atom. The zero-order valence-electron chi connectivity index (χ0n) is 15.6. The second-order valence-electron chi connectivity index (χ2n) is 7.12. The van der Waals surface area contributed by atoms with E-state index in [2.05, 4.69) is 5.32 Å². The number of nitrogens with two attached hydrogens (primary N) is 1. The number of piperidine rings is 1. The summed E-state index contributed by atoms with van der Waals surface area (Å²) in [5.74, 6) is 0.410. The van der Waals surface area contributed by atoms with Gasteiger partial charge in [-0.2, -0.15) is 0 Å². The minimum Gasteiger partial charge on any atom is -0.399 e. The fourth-order valence-corrected chi connectivity index (χ4v) is 3.55. The molecule has 2 aromatic rings. The summed E-state index contributed by atoms with van der Waals surface area (Å²) in [5, 5.41) is 3.00. The molecule has 1 unspecified atom stereocenters. The van der Waals surface area contributed by atoms with E-state index in [4.69, 9.17) is 5.73 Å². The molecule has 0 saturated carbocycles. The quantitative estimate of drug-likeness (QED) is 0.773. The Hall–Kier alpha value is -2.82. The molecule has 3 rings (SSSR count). The zero-order valence-corrected chi connectivity index (χ0v) is 15.6. The normalized spacial score (nSPS) is 16.7. The Labute approximate surface area is 160 Å². The van der Waals surface area contributed by atoms with Crippen LogP contribution in [-0.2, 0) is 11.2 Å². The molecule has 0 radical (unpaired) electrons. The first kappa shape index (κ1) is 19.0. The molecule has 5 nitrogen and oxygen atoms in total. The van der Waals surface area contributed by atoms with Gasteiger partial charge in [0.25, 0.3) is 5.91 Å². The highest BCUT2D eigenvalue weighted by Gasteiger charge is 2.24. The molecule has 3 N–H and O–H groups in total. The summed E-state index contributed by atoms with van der Waals surface area (Å²) in [5.41, 5.74) is 8.39. The summed E-state index contributed by atoms with van der Waals surface area (Å²) in [4.78, 5) is 26.7. The number of hydrogen-bond acceptors (Lipinski definition) is 3. The Bertz CT molecular complexity index is 776. The molecule has 1 aliphatic rings. The van der Waals surface area contributed by atoms with Crippen molar-refractivity contribution in [1.82, 2.24) is 10.2 Å². The Balaban J connectivity index is 1.46. The van der Waals surface area contributed by atoms with E-state index in [1.54, 1.807) is 12.1 Å². The lowest BCUT2D eigenvalue weighted by Gasteiger charge is -2.33. The van der Waals surface area contributed by atoms with Gasteiger partial charge in [-0.05, 0) is 48.9 Å². The number of nitrogens with one attached hydrogen (secondary N) is 1. The summed E-state index contributed by atoms with van der Waals surface area (Å²) in [6.45, 7) is 2.10. The highest BCUT2D eigenvalue weighted by atomic mass is 16.2. The van der Waals surface area contributed by atoms with Crippen molar-refractivity contribution in [2.45, 2.75) is 25.7 Å². The van der Waals surface area contributed by atoms with E-state index in [0.717, 1.165) is 30.6 Å². The number of aryl methyl sites for hydroxylation is 1. The monoisotopic (exact) mass is 365 g/mol. The lowest BCUT2D eigenvalue weighted by Crippen LogP contribution is -2.43. The number of likely N-dealkylation sites (tertiary alicyclic amines) is 1. The van der Waals surface area contributed by atoms with Crippen LogP contribution < -0.4 is 11.1 Å². The van der Waals surface area contributed by atoms with E-state index in [1.807, 2.05) is 47.4 Å². The van der Waals surface area contributed by atoms with Crippen molar-refractivity contribution < 1.29 is 9.59 Å². The van der Waals surface area contributed by atoms with Crippen molar-refractivity contribution in [2.24, 2.45) is 5.92 Å². The average Bonchev–Trinajstić information content (AvgIpc) is 2.72. The molecular formula is C22H27N3O2. The molecule has 0 spiro atoms. The first-order chi connectivity index (χ1) is 13.1. The van der Waals surface area contributed by atoms with Crippen LogP contribution >= 0.6 is 0 Å². The highest BCUT2D eigenvalue weighted by molar-refractivity contribution is 5.94. The Morgan fingerprint density at radius 2 is 1.81 bits per heavy atom.